The van der Waals surface area contributed by atoms with Crippen molar-refractivity contribution < 1.29 is 4.52 Å². The van der Waals surface area contributed by atoms with Gasteiger partial charge in [-0.1, -0.05) is 51.1 Å². The summed E-state index contributed by atoms with van der Waals surface area (Å²) in [6, 6.07) is 0. The van der Waals surface area contributed by atoms with Crippen molar-refractivity contribution in [3.63, 3.8) is 0 Å². The quantitative estimate of drug-likeness (QED) is 0.711. The first kappa shape index (κ1) is 12.2. The summed E-state index contributed by atoms with van der Waals surface area (Å²) in [6.45, 7) is 6.48. The highest BCUT2D eigenvalue weighted by Gasteiger charge is 2.15. The molecule has 1 aromatic heterocycles. The van der Waals surface area contributed by atoms with Crippen molar-refractivity contribution in [1.29, 1.82) is 0 Å². The third-order valence-corrected chi connectivity index (χ3v) is 3.06. The lowest BCUT2D eigenvalue weighted by molar-refractivity contribution is 0.279. The lowest BCUT2D eigenvalue weighted by Crippen LogP contribution is -2.12. The molecular weight excluding hydrogens is 188 g/mol. The molecule has 1 aromatic rings. The van der Waals surface area contributed by atoms with E-state index in [2.05, 4.69) is 28.5 Å². The Hall–Kier alpha value is -0.860. The number of aromatic nitrogens is 2. The summed E-state index contributed by atoms with van der Waals surface area (Å²) in [5, 5.41) is 3.43. The van der Waals surface area contributed by atoms with Crippen LogP contribution < -0.4 is 0 Å². The van der Waals surface area contributed by atoms with Gasteiger partial charge in [-0.2, -0.15) is 4.98 Å². The Kier molecular flexibility index (Phi) is 5.37. The number of hydrogen-bond acceptors (Lipinski definition) is 3. The van der Waals surface area contributed by atoms with Crippen LogP contribution in [0.5, 0.6) is 0 Å². The molecule has 1 heterocycles. The van der Waals surface area contributed by atoms with Crippen molar-refractivity contribution in [3.05, 3.63) is 12.2 Å². The highest BCUT2D eigenvalue weighted by Crippen LogP contribution is 2.29. The van der Waals surface area contributed by atoms with Gasteiger partial charge in [-0.15, -0.1) is 0 Å². The number of rotatable bonds is 1. The lowest BCUT2D eigenvalue weighted by Gasteiger charge is -2.24. The number of hydrogen-bond donors (Lipinski definition) is 0. The van der Waals surface area contributed by atoms with E-state index in [1.54, 1.807) is 6.92 Å². The maximum atomic E-state index is 4.35. The van der Waals surface area contributed by atoms with Crippen molar-refractivity contribution in [2.75, 3.05) is 0 Å². The molecule has 0 bridgehead atoms. The SMILES string of the molecule is CC(C)C1CCCCC1.Cc1ncon1. The molecule has 1 fully saturated rings. The van der Waals surface area contributed by atoms with Crippen molar-refractivity contribution in [1.82, 2.24) is 10.1 Å². The van der Waals surface area contributed by atoms with Gasteiger partial charge in [0.1, 0.15) is 0 Å². The smallest absolute Gasteiger partial charge is 0.213 e. The van der Waals surface area contributed by atoms with Gasteiger partial charge in [-0.3, -0.25) is 0 Å². The molecule has 86 valence electrons. The van der Waals surface area contributed by atoms with Crippen LogP contribution in [-0.4, -0.2) is 10.1 Å². The van der Waals surface area contributed by atoms with Gasteiger partial charge in [0.25, 0.3) is 0 Å². The lowest BCUT2D eigenvalue weighted by atomic mass is 9.82. The molecule has 1 aliphatic rings. The van der Waals surface area contributed by atoms with E-state index in [4.69, 9.17) is 0 Å². The predicted molar refractivity (Wildman–Crippen MR) is 60.4 cm³/mol. The van der Waals surface area contributed by atoms with Crippen molar-refractivity contribution in [2.24, 2.45) is 11.8 Å². The van der Waals surface area contributed by atoms with Gasteiger partial charge in [-0.25, -0.2) is 0 Å². The highest BCUT2D eigenvalue weighted by molar-refractivity contribution is 4.68. The molecule has 0 unspecified atom stereocenters. The van der Waals surface area contributed by atoms with Crippen LogP contribution in [0.15, 0.2) is 10.9 Å². The molecule has 2 rings (SSSR count). The highest BCUT2D eigenvalue weighted by atomic mass is 16.5. The summed E-state index contributed by atoms with van der Waals surface area (Å²) in [5.74, 6) is 2.67. The molecule has 0 saturated heterocycles. The van der Waals surface area contributed by atoms with Crippen LogP contribution >= 0.6 is 0 Å². The molecule has 0 aliphatic heterocycles. The molecule has 0 amide bonds. The fraction of sp³-hybridized carbons (Fsp3) is 0.833. The zero-order valence-electron chi connectivity index (χ0n) is 10.1. The monoisotopic (exact) mass is 210 g/mol. The van der Waals surface area contributed by atoms with E-state index in [0.717, 1.165) is 11.8 Å². The fourth-order valence-corrected chi connectivity index (χ4v) is 2.02. The predicted octanol–water partition coefficient (Wildman–Crippen LogP) is 3.60. The third kappa shape index (κ3) is 4.96. The van der Waals surface area contributed by atoms with Crippen LogP contribution in [0.25, 0.3) is 0 Å². The second kappa shape index (κ2) is 6.59. The average molecular weight is 210 g/mol. The van der Waals surface area contributed by atoms with E-state index in [9.17, 15) is 0 Å². The van der Waals surface area contributed by atoms with Gasteiger partial charge in [0.15, 0.2) is 5.82 Å². The summed E-state index contributed by atoms with van der Waals surface area (Å²) in [4.78, 5) is 3.64. The largest absolute Gasteiger partial charge is 0.343 e. The zero-order valence-corrected chi connectivity index (χ0v) is 10.1. The number of aryl methyl sites for hydroxylation is 1. The number of nitrogens with zero attached hydrogens (tertiary/aromatic N) is 2. The van der Waals surface area contributed by atoms with Crippen molar-refractivity contribution in [2.45, 2.75) is 52.9 Å². The van der Waals surface area contributed by atoms with Crippen molar-refractivity contribution in [3.8, 4) is 0 Å². The van der Waals surface area contributed by atoms with E-state index in [1.165, 1.54) is 38.5 Å². The van der Waals surface area contributed by atoms with E-state index in [1.807, 2.05) is 0 Å². The standard InChI is InChI=1S/C9H18.C3H4N2O/c1-8(2)9-6-4-3-5-7-9;1-3-4-2-6-5-3/h8-9H,3-7H2,1-2H3;2H,1H3. The van der Waals surface area contributed by atoms with Crippen LogP contribution in [-0.2, 0) is 0 Å². The van der Waals surface area contributed by atoms with E-state index < -0.39 is 0 Å². The van der Waals surface area contributed by atoms with Gasteiger partial charge in [0, 0.05) is 0 Å². The van der Waals surface area contributed by atoms with Crippen molar-refractivity contribution >= 4 is 0 Å². The van der Waals surface area contributed by atoms with Crippen LogP contribution in [0.4, 0.5) is 0 Å². The molecule has 0 aromatic carbocycles. The molecule has 0 N–H and O–H groups in total. The first-order valence-electron chi connectivity index (χ1n) is 5.93. The van der Waals surface area contributed by atoms with Gasteiger partial charge in [0.05, 0.1) is 0 Å². The van der Waals surface area contributed by atoms with Gasteiger partial charge < -0.3 is 4.52 Å². The first-order chi connectivity index (χ1) is 7.20. The molecule has 15 heavy (non-hydrogen) atoms. The second-order valence-corrected chi connectivity index (χ2v) is 4.62. The van der Waals surface area contributed by atoms with E-state index in [-0.39, 0.29) is 0 Å². The van der Waals surface area contributed by atoms with E-state index >= 15 is 0 Å². The van der Waals surface area contributed by atoms with Gasteiger partial charge in [-0.05, 0) is 18.8 Å². The molecule has 0 atom stereocenters. The maximum absolute atomic E-state index is 4.35. The Labute approximate surface area is 92.3 Å². The van der Waals surface area contributed by atoms with Crippen LogP contribution in [0.1, 0.15) is 51.8 Å². The topological polar surface area (TPSA) is 38.9 Å². The average Bonchev–Trinajstić information content (AvgIpc) is 2.71. The fourth-order valence-electron chi connectivity index (χ4n) is 2.02. The zero-order chi connectivity index (χ0) is 11.1. The van der Waals surface area contributed by atoms with E-state index in [0.29, 0.717) is 5.82 Å². The third-order valence-electron chi connectivity index (χ3n) is 3.06. The minimum absolute atomic E-state index is 0.676. The Morgan fingerprint density at radius 2 is 1.93 bits per heavy atom. The molecule has 3 heteroatoms. The minimum atomic E-state index is 0.676. The second-order valence-electron chi connectivity index (χ2n) is 4.62. The summed E-state index contributed by atoms with van der Waals surface area (Å²) in [6.07, 6.45) is 8.76. The van der Waals surface area contributed by atoms with Crippen LogP contribution in [0, 0.1) is 18.8 Å². The van der Waals surface area contributed by atoms with Gasteiger partial charge >= 0.3 is 0 Å². The van der Waals surface area contributed by atoms with Crippen LogP contribution in [0.3, 0.4) is 0 Å². The Balaban J connectivity index is 0.000000162. The van der Waals surface area contributed by atoms with Crippen LogP contribution in [0.2, 0.25) is 0 Å². The van der Waals surface area contributed by atoms with Gasteiger partial charge in [0.2, 0.25) is 6.39 Å². The first-order valence-corrected chi connectivity index (χ1v) is 5.93. The Morgan fingerprint density at radius 3 is 2.20 bits per heavy atom. The molecule has 1 aliphatic carbocycles. The molecule has 0 radical (unpaired) electrons. The summed E-state index contributed by atoms with van der Waals surface area (Å²) >= 11 is 0. The molecule has 3 nitrogen and oxygen atoms in total. The molecule has 0 spiro atoms. The summed E-state index contributed by atoms with van der Waals surface area (Å²) in [5.41, 5.74) is 0. The summed E-state index contributed by atoms with van der Waals surface area (Å²) in [7, 11) is 0. The molecule has 1 saturated carbocycles. The maximum Gasteiger partial charge on any atom is 0.213 e. The minimum Gasteiger partial charge on any atom is -0.343 e. The normalized spacial score (nSPS) is 17.3. The Bertz CT molecular complexity index is 238. The summed E-state index contributed by atoms with van der Waals surface area (Å²) < 4.78 is 4.35. The molecular formula is C12H22N2O. The Morgan fingerprint density at radius 1 is 1.27 bits per heavy atom.